The smallest absolute Gasteiger partial charge is 0.317 e. The van der Waals surface area contributed by atoms with Crippen LogP contribution in [0.2, 0.25) is 0 Å². The van der Waals surface area contributed by atoms with E-state index in [0.29, 0.717) is 18.6 Å². The van der Waals surface area contributed by atoms with Crippen LogP contribution in [0.25, 0.3) is 0 Å². The third-order valence-corrected chi connectivity index (χ3v) is 5.22. The maximum atomic E-state index is 12.5. The lowest BCUT2D eigenvalue weighted by atomic mass is 9.89. The Balaban J connectivity index is 1.83. The Morgan fingerprint density at radius 2 is 2.14 bits per heavy atom. The molecule has 2 aliphatic rings. The Kier molecular flexibility index (Phi) is 6.96. The highest BCUT2D eigenvalue weighted by atomic mass is 16.5. The van der Waals surface area contributed by atoms with Crippen LogP contribution in [0.4, 0.5) is 4.79 Å². The highest BCUT2D eigenvalue weighted by Gasteiger charge is 2.30. The van der Waals surface area contributed by atoms with Crippen molar-refractivity contribution in [2.75, 3.05) is 26.8 Å². The quantitative estimate of drug-likeness (QED) is 0.849. The van der Waals surface area contributed by atoms with Gasteiger partial charge in [-0.2, -0.15) is 0 Å². The van der Waals surface area contributed by atoms with Crippen molar-refractivity contribution in [3.05, 3.63) is 0 Å². The largest absolute Gasteiger partial charge is 0.380 e. The van der Waals surface area contributed by atoms with Crippen molar-refractivity contribution in [2.45, 2.75) is 70.6 Å². The highest BCUT2D eigenvalue weighted by Crippen LogP contribution is 2.25. The first-order chi connectivity index (χ1) is 10.7. The lowest BCUT2D eigenvalue weighted by Gasteiger charge is -2.37. The lowest BCUT2D eigenvalue weighted by molar-refractivity contribution is -0.0341. The van der Waals surface area contributed by atoms with E-state index in [1.807, 2.05) is 4.90 Å². The van der Waals surface area contributed by atoms with E-state index in [-0.39, 0.29) is 18.2 Å². The zero-order valence-electron chi connectivity index (χ0n) is 14.3. The molecule has 0 aromatic rings. The van der Waals surface area contributed by atoms with E-state index in [9.17, 15) is 4.79 Å². The second-order valence-corrected chi connectivity index (χ2v) is 6.60. The molecule has 0 spiro atoms. The molecule has 2 amide bonds. The van der Waals surface area contributed by atoms with Crippen molar-refractivity contribution in [1.29, 1.82) is 0 Å². The number of rotatable bonds is 5. The molecule has 0 aliphatic carbocycles. The van der Waals surface area contributed by atoms with E-state index in [4.69, 9.17) is 9.47 Å². The molecule has 3 atom stereocenters. The third-order valence-electron chi connectivity index (χ3n) is 5.22. The van der Waals surface area contributed by atoms with Crippen LogP contribution in [-0.4, -0.2) is 56.0 Å². The molecule has 0 aromatic carbocycles. The molecule has 0 bridgehead atoms. The molecule has 22 heavy (non-hydrogen) atoms. The summed E-state index contributed by atoms with van der Waals surface area (Å²) in [6.45, 7) is 6.75. The molecule has 2 heterocycles. The van der Waals surface area contributed by atoms with Crippen LogP contribution in [0.1, 0.15) is 52.4 Å². The highest BCUT2D eigenvalue weighted by molar-refractivity contribution is 5.74. The number of nitrogens with one attached hydrogen (secondary N) is 1. The van der Waals surface area contributed by atoms with Crippen LogP contribution in [0, 0.1) is 5.92 Å². The monoisotopic (exact) mass is 312 g/mol. The minimum absolute atomic E-state index is 0.0666. The van der Waals surface area contributed by atoms with Crippen molar-refractivity contribution in [3.8, 4) is 0 Å². The molecular weight excluding hydrogens is 280 g/mol. The van der Waals surface area contributed by atoms with E-state index in [0.717, 1.165) is 51.7 Å². The van der Waals surface area contributed by atoms with E-state index in [1.54, 1.807) is 7.11 Å². The van der Waals surface area contributed by atoms with Crippen LogP contribution in [0.5, 0.6) is 0 Å². The Labute approximate surface area is 134 Å². The summed E-state index contributed by atoms with van der Waals surface area (Å²) in [5.41, 5.74) is 0. The van der Waals surface area contributed by atoms with Crippen LogP contribution in [0.3, 0.4) is 0 Å². The number of methoxy groups -OCH3 is 1. The number of carbonyl (C=O) groups excluding carboxylic acids is 1. The van der Waals surface area contributed by atoms with Gasteiger partial charge in [-0.1, -0.05) is 26.7 Å². The second kappa shape index (κ2) is 8.73. The summed E-state index contributed by atoms with van der Waals surface area (Å²) in [5, 5.41) is 3.22. The fraction of sp³-hybridized carbons (Fsp3) is 0.941. The first kappa shape index (κ1) is 17.5. The first-order valence-electron chi connectivity index (χ1n) is 8.87. The van der Waals surface area contributed by atoms with Gasteiger partial charge in [0.2, 0.25) is 0 Å². The number of nitrogens with zero attached hydrogens (tertiary/aromatic N) is 1. The number of amides is 2. The van der Waals surface area contributed by atoms with Gasteiger partial charge in [0.05, 0.1) is 12.2 Å². The number of urea groups is 1. The summed E-state index contributed by atoms with van der Waals surface area (Å²) in [4.78, 5) is 14.4. The molecule has 0 saturated carbocycles. The van der Waals surface area contributed by atoms with Crippen molar-refractivity contribution < 1.29 is 14.3 Å². The summed E-state index contributed by atoms with van der Waals surface area (Å²) in [5.74, 6) is 0.604. The SMILES string of the molecule is CCC(CC)C1CC(NC(=O)N2CCCC(OC)C2)CCO1. The third kappa shape index (κ3) is 4.59. The predicted molar refractivity (Wildman–Crippen MR) is 87.0 cm³/mol. The Morgan fingerprint density at radius 1 is 1.36 bits per heavy atom. The maximum absolute atomic E-state index is 12.5. The van der Waals surface area contributed by atoms with Gasteiger partial charge in [0, 0.05) is 32.8 Å². The van der Waals surface area contributed by atoms with Crippen LogP contribution in [-0.2, 0) is 9.47 Å². The lowest BCUT2D eigenvalue weighted by Crippen LogP contribution is -2.52. The molecule has 128 valence electrons. The van der Waals surface area contributed by atoms with Crippen molar-refractivity contribution in [2.24, 2.45) is 5.92 Å². The van der Waals surface area contributed by atoms with Gasteiger partial charge in [-0.25, -0.2) is 4.79 Å². The number of piperidine rings is 1. The molecule has 5 nitrogen and oxygen atoms in total. The molecular formula is C17H32N2O3. The summed E-state index contributed by atoms with van der Waals surface area (Å²) in [6.07, 6.45) is 6.70. The summed E-state index contributed by atoms with van der Waals surface area (Å²) >= 11 is 0. The topological polar surface area (TPSA) is 50.8 Å². The van der Waals surface area contributed by atoms with E-state index in [1.165, 1.54) is 0 Å². The Bertz CT molecular complexity index is 347. The molecule has 5 heteroatoms. The van der Waals surface area contributed by atoms with E-state index >= 15 is 0 Å². The maximum Gasteiger partial charge on any atom is 0.317 e. The van der Waals surface area contributed by atoms with Gasteiger partial charge in [0.15, 0.2) is 0 Å². The van der Waals surface area contributed by atoms with Gasteiger partial charge in [0.1, 0.15) is 0 Å². The first-order valence-corrected chi connectivity index (χ1v) is 8.87. The van der Waals surface area contributed by atoms with Crippen molar-refractivity contribution >= 4 is 6.03 Å². The van der Waals surface area contributed by atoms with Gasteiger partial charge in [-0.05, 0) is 31.6 Å². The summed E-state index contributed by atoms with van der Waals surface area (Å²) < 4.78 is 11.3. The number of likely N-dealkylation sites (tertiary alicyclic amines) is 1. The number of ether oxygens (including phenoxy) is 2. The summed E-state index contributed by atoms with van der Waals surface area (Å²) in [7, 11) is 1.73. The normalized spacial score (nSPS) is 29.6. The van der Waals surface area contributed by atoms with Crippen molar-refractivity contribution in [1.82, 2.24) is 10.2 Å². The van der Waals surface area contributed by atoms with E-state index in [2.05, 4.69) is 19.2 Å². The zero-order valence-corrected chi connectivity index (χ0v) is 14.3. The molecule has 1 N–H and O–H groups in total. The number of hydrogen-bond acceptors (Lipinski definition) is 3. The molecule has 3 unspecified atom stereocenters. The second-order valence-electron chi connectivity index (χ2n) is 6.60. The van der Waals surface area contributed by atoms with E-state index < -0.39 is 0 Å². The minimum atomic E-state index is 0.0666. The molecule has 2 saturated heterocycles. The van der Waals surface area contributed by atoms with Gasteiger partial charge >= 0.3 is 6.03 Å². The van der Waals surface area contributed by atoms with Crippen LogP contribution < -0.4 is 5.32 Å². The minimum Gasteiger partial charge on any atom is -0.380 e. The van der Waals surface area contributed by atoms with Gasteiger partial charge in [-0.3, -0.25) is 0 Å². The molecule has 2 rings (SSSR count). The average Bonchev–Trinajstić information content (AvgIpc) is 2.56. The molecule has 0 aromatic heterocycles. The van der Waals surface area contributed by atoms with Crippen LogP contribution >= 0.6 is 0 Å². The van der Waals surface area contributed by atoms with Crippen LogP contribution in [0.15, 0.2) is 0 Å². The fourth-order valence-electron chi connectivity index (χ4n) is 3.68. The summed E-state index contributed by atoms with van der Waals surface area (Å²) in [6, 6.07) is 0.312. The number of carbonyl (C=O) groups is 1. The van der Waals surface area contributed by atoms with Gasteiger partial charge in [0.25, 0.3) is 0 Å². The molecule has 2 aliphatic heterocycles. The Morgan fingerprint density at radius 3 is 2.82 bits per heavy atom. The Hall–Kier alpha value is -0.810. The number of hydrogen-bond donors (Lipinski definition) is 1. The van der Waals surface area contributed by atoms with Crippen molar-refractivity contribution in [3.63, 3.8) is 0 Å². The molecule has 2 fully saturated rings. The van der Waals surface area contributed by atoms with Gasteiger partial charge < -0.3 is 19.7 Å². The molecule has 0 radical (unpaired) electrons. The standard InChI is InChI=1S/C17H32N2O3/c1-4-13(5-2)16-11-14(8-10-22-16)18-17(20)19-9-6-7-15(12-19)21-3/h13-16H,4-12H2,1-3H3,(H,18,20). The predicted octanol–water partition coefficient (Wildman–Crippen LogP) is 2.79. The van der Waals surface area contributed by atoms with Gasteiger partial charge in [-0.15, -0.1) is 0 Å². The zero-order chi connectivity index (χ0) is 15.9. The average molecular weight is 312 g/mol. The fourth-order valence-corrected chi connectivity index (χ4v) is 3.68.